The smallest absolute Gasteiger partial charge is 0.306 e. The van der Waals surface area contributed by atoms with Gasteiger partial charge in [-0.25, -0.2) is 0 Å². The lowest BCUT2D eigenvalue weighted by molar-refractivity contribution is -0.167. The predicted octanol–water partition coefficient (Wildman–Crippen LogP) is 23.6. The molecule has 0 aromatic carbocycles. The molecule has 0 aromatic rings. The van der Waals surface area contributed by atoms with E-state index in [0.29, 0.717) is 19.3 Å². The maximum atomic E-state index is 12.9. The van der Waals surface area contributed by atoms with Gasteiger partial charge in [0.2, 0.25) is 0 Å². The van der Waals surface area contributed by atoms with Crippen LogP contribution in [0.2, 0.25) is 0 Å². The standard InChI is InChI=1S/C74H128O6/c1-4-7-10-13-16-19-22-24-26-28-29-30-31-32-33-34-35-36-37-38-39-40-41-42-43-44-45-46-48-49-52-55-58-61-64-67-73(76)79-70-71(69-78-72(75)66-63-60-57-54-51-21-18-15-12-9-6-3)80-74(77)68-65-62-59-56-53-50-47-27-25-23-20-17-14-11-8-5-2/h7,10,15-16,18-19,24,26,29-30,32-33,35-36,38-39,71H,4-6,8-9,11-14,17,20-23,25,27-28,31,34,37,40-70H2,1-3H3/b10-7-,18-15-,19-16-,26-24-,30-29-,33-32-,36-35-,39-38-. The number of hydrogen-bond acceptors (Lipinski definition) is 6. The van der Waals surface area contributed by atoms with Gasteiger partial charge in [-0.05, 0) is 96.3 Å². The van der Waals surface area contributed by atoms with E-state index in [0.717, 1.165) is 109 Å². The van der Waals surface area contributed by atoms with Gasteiger partial charge >= 0.3 is 17.9 Å². The molecule has 6 nitrogen and oxygen atoms in total. The first kappa shape index (κ1) is 76.3. The van der Waals surface area contributed by atoms with E-state index in [2.05, 4.69) is 118 Å². The van der Waals surface area contributed by atoms with Crippen molar-refractivity contribution in [2.75, 3.05) is 13.2 Å². The van der Waals surface area contributed by atoms with Crippen molar-refractivity contribution in [3.05, 3.63) is 97.2 Å². The molecular formula is C74H128O6. The Balaban J connectivity index is 4.13. The van der Waals surface area contributed by atoms with Gasteiger partial charge < -0.3 is 14.2 Å². The second-order valence-corrected chi connectivity index (χ2v) is 22.7. The highest BCUT2D eigenvalue weighted by molar-refractivity contribution is 5.71. The maximum absolute atomic E-state index is 12.9. The van der Waals surface area contributed by atoms with Gasteiger partial charge in [0.15, 0.2) is 6.10 Å². The summed E-state index contributed by atoms with van der Waals surface area (Å²) in [6.07, 6.45) is 91.5. The first-order valence-electron chi connectivity index (χ1n) is 34.2. The van der Waals surface area contributed by atoms with E-state index in [1.807, 2.05) is 0 Å². The molecule has 0 bridgehead atoms. The summed E-state index contributed by atoms with van der Waals surface area (Å²) in [5.74, 6) is -0.872. The Labute approximate surface area is 496 Å². The number of allylic oxidation sites excluding steroid dienone is 16. The Bertz CT molecular complexity index is 1560. The van der Waals surface area contributed by atoms with Gasteiger partial charge in [-0.3, -0.25) is 14.4 Å². The van der Waals surface area contributed by atoms with Crippen molar-refractivity contribution < 1.29 is 28.6 Å². The van der Waals surface area contributed by atoms with Crippen LogP contribution < -0.4 is 0 Å². The van der Waals surface area contributed by atoms with Gasteiger partial charge in [0, 0.05) is 19.3 Å². The van der Waals surface area contributed by atoms with Crippen molar-refractivity contribution in [3.8, 4) is 0 Å². The van der Waals surface area contributed by atoms with Crippen molar-refractivity contribution in [2.45, 2.75) is 341 Å². The molecule has 0 N–H and O–H groups in total. The minimum Gasteiger partial charge on any atom is -0.462 e. The quantitative estimate of drug-likeness (QED) is 0.0261. The zero-order chi connectivity index (χ0) is 57.8. The highest BCUT2D eigenvalue weighted by Crippen LogP contribution is 2.17. The molecule has 0 aliphatic heterocycles. The number of unbranched alkanes of at least 4 members (excludes halogenated alkanes) is 35. The van der Waals surface area contributed by atoms with Crippen LogP contribution in [0.25, 0.3) is 0 Å². The molecule has 0 saturated carbocycles. The summed E-state index contributed by atoms with van der Waals surface area (Å²) >= 11 is 0. The first-order valence-corrected chi connectivity index (χ1v) is 34.2. The number of carbonyl (C=O) groups is 3. The number of carbonyl (C=O) groups excluding carboxylic acids is 3. The normalized spacial score (nSPS) is 12.7. The van der Waals surface area contributed by atoms with Gasteiger partial charge in [-0.2, -0.15) is 0 Å². The molecule has 0 spiro atoms. The third kappa shape index (κ3) is 65.1. The molecule has 0 saturated heterocycles. The fourth-order valence-electron chi connectivity index (χ4n) is 9.70. The molecule has 0 radical (unpaired) electrons. The summed E-state index contributed by atoms with van der Waals surface area (Å²) in [5, 5.41) is 0. The fraction of sp³-hybridized carbons (Fsp3) is 0.743. The summed E-state index contributed by atoms with van der Waals surface area (Å²) in [4.78, 5) is 38.3. The highest BCUT2D eigenvalue weighted by atomic mass is 16.6. The zero-order valence-electron chi connectivity index (χ0n) is 52.8. The Morgan fingerprint density at radius 3 is 0.812 bits per heavy atom. The van der Waals surface area contributed by atoms with Gasteiger partial charge in [0.25, 0.3) is 0 Å². The minimum absolute atomic E-state index is 0.0760. The number of ether oxygens (including phenoxy) is 3. The van der Waals surface area contributed by atoms with Gasteiger partial charge in [0.1, 0.15) is 13.2 Å². The van der Waals surface area contributed by atoms with Crippen molar-refractivity contribution in [1.29, 1.82) is 0 Å². The minimum atomic E-state index is -0.778. The van der Waals surface area contributed by atoms with Crippen molar-refractivity contribution in [2.24, 2.45) is 0 Å². The summed E-state index contributed by atoms with van der Waals surface area (Å²) in [5.41, 5.74) is 0. The van der Waals surface area contributed by atoms with Crippen LogP contribution in [-0.4, -0.2) is 37.2 Å². The molecule has 1 atom stereocenters. The topological polar surface area (TPSA) is 78.9 Å². The molecule has 0 fully saturated rings. The lowest BCUT2D eigenvalue weighted by atomic mass is 10.0. The summed E-state index contributed by atoms with van der Waals surface area (Å²) < 4.78 is 16.9. The molecule has 0 aromatic heterocycles. The molecule has 80 heavy (non-hydrogen) atoms. The third-order valence-electron chi connectivity index (χ3n) is 14.8. The van der Waals surface area contributed by atoms with Crippen LogP contribution in [0.3, 0.4) is 0 Å². The maximum Gasteiger partial charge on any atom is 0.306 e. The van der Waals surface area contributed by atoms with E-state index in [-0.39, 0.29) is 31.1 Å². The third-order valence-corrected chi connectivity index (χ3v) is 14.8. The average molecular weight is 1110 g/mol. The fourth-order valence-corrected chi connectivity index (χ4v) is 9.70. The molecule has 0 rings (SSSR count). The van der Waals surface area contributed by atoms with E-state index in [9.17, 15) is 14.4 Å². The average Bonchev–Trinajstić information content (AvgIpc) is 3.46. The van der Waals surface area contributed by atoms with Crippen LogP contribution in [0.4, 0.5) is 0 Å². The zero-order valence-corrected chi connectivity index (χ0v) is 52.8. The molecule has 0 amide bonds. The second kappa shape index (κ2) is 67.8. The van der Waals surface area contributed by atoms with E-state index in [1.165, 1.54) is 186 Å². The molecular weight excluding hydrogens is 985 g/mol. The Hall–Kier alpha value is -3.67. The van der Waals surface area contributed by atoms with E-state index < -0.39 is 6.10 Å². The van der Waals surface area contributed by atoms with Gasteiger partial charge in [-0.15, -0.1) is 0 Å². The Morgan fingerprint density at radius 1 is 0.263 bits per heavy atom. The van der Waals surface area contributed by atoms with E-state index in [1.54, 1.807) is 0 Å². The number of rotatable bonds is 62. The monoisotopic (exact) mass is 1110 g/mol. The van der Waals surface area contributed by atoms with Crippen molar-refractivity contribution in [3.63, 3.8) is 0 Å². The molecule has 0 aliphatic rings. The second-order valence-electron chi connectivity index (χ2n) is 22.7. The van der Waals surface area contributed by atoms with Crippen LogP contribution in [-0.2, 0) is 28.6 Å². The largest absolute Gasteiger partial charge is 0.462 e. The van der Waals surface area contributed by atoms with E-state index >= 15 is 0 Å². The van der Waals surface area contributed by atoms with Crippen LogP contribution >= 0.6 is 0 Å². The summed E-state index contributed by atoms with van der Waals surface area (Å²) in [6.45, 7) is 6.52. The molecule has 6 heteroatoms. The Morgan fingerprint density at radius 2 is 0.500 bits per heavy atom. The number of esters is 3. The van der Waals surface area contributed by atoms with Crippen LogP contribution in [0.5, 0.6) is 0 Å². The van der Waals surface area contributed by atoms with Gasteiger partial charge in [0.05, 0.1) is 0 Å². The van der Waals surface area contributed by atoms with E-state index in [4.69, 9.17) is 14.2 Å². The van der Waals surface area contributed by atoms with Crippen molar-refractivity contribution >= 4 is 17.9 Å². The van der Waals surface area contributed by atoms with Crippen LogP contribution in [0, 0.1) is 0 Å². The first-order chi connectivity index (χ1) is 39.5. The predicted molar refractivity (Wildman–Crippen MR) is 348 cm³/mol. The SMILES string of the molecule is CC/C=C\C/C=C\C/C=C\C/C=C\C/C=C\C/C=C\C/C=C\CCCCCCCCCCCCCCCC(=O)OCC(COC(=O)CCCCCCC/C=C\CCCC)OC(=O)CCCCCCCCCCCCCCCCCC. The molecule has 1 unspecified atom stereocenters. The molecule has 0 heterocycles. The number of hydrogen-bond donors (Lipinski definition) is 0. The Kier molecular flexibility index (Phi) is 64.7. The summed E-state index contributed by atoms with van der Waals surface area (Å²) in [6, 6.07) is 0. The van der Waals surface area contributed by atoms with Crippen LogP contribution in [0.15, 0.2) is 97.2 Å². The lowest BCUT2D eigenvalue weighted by Crippen LogP contribution is -2.30. The molecule has 460 valence electrons. The molecule has 0 aliphatic carbocycles. The summed E-state index contributed by atoms with van der Waals surface area (Å²) in [7, 11) is 0. The van der Waals surface area contributed by atoms with Crippen molar-refractivity contribution in [1.82, 2.24) is 0 Å². The van der Waals surface area contributed by atoms with Crippen LogP contribution in [0.1, 0.15) is 335 Å². The van der Waals surface area contributed by atoms with Gasteiger partial charge in [-0.1, -0.05) is 317 Å². The highest BCUT2D eigenvalue weighted by Gasteiger charge is 2.19. The lowest BCUT2D eigenvalue weighted by Gasteiger charge is -2.18.